The van der Waals surface area contributed by atoms with Crippen molar-refractivity contribution >= 4 is 24.5 Å². The zero-order valence-corrected chi connectivity index (χ0v) is 15.8. The first-order valence-corrected chi connectivity index (χ1v) is 9.66. The van der Waals surface area contributed by atoms with Gasteiger partial charge >= 0.3 is 0 Å². The Balaban J connectivity index is 1.44. The average molecular weight is 364 g/mol. The van der Waals surface area contributed by atoms with Gasteiger partial charge in [0.05, 0.1) is 0 Å². The van der Waals surface area contributed by atoms with E-state index in [2.05, 4.69) is 10.3 Å². The number of unbranched alkanes of at least 4 members (excludes halogenated alkanes) is 5. The SMILES string of the molecule is O=Cc1ccc(C=NCCCCCCCCNc2ccc(C=O)cc2)cc1. The Bertz CT molecular complexity index is 706. The summed E-state index contributed by atoms with van der Waals surface area (Å²) in [7, 11) is 0. The van der Waals surface area contributed by atoms with E-state index in [-0.39, 0.29) is 0 Å². The lowest BCUT2D eigenvalue weighted by molar-refractivity contribution is 0.111. The Morgan fingerprint density at radius 3 is 1.81 bits per heavy atom. The van der Waals surface area contributed by atoms with E-state index in [9.17, 15) is 9.59 Å². The molecule has 0 atom stereocenters. The number of hydrogen-bond donors (Lipinski definition) is 1. The molecule has 0 fully saturated rings. The fraction of sp³-hybridized carbons (Fsp3) is 0.348. The molecular weight excluding hydrogens is 336 g/mol. The van der Waals surface area contributed by atoms with Crippen LogP contribution in [0.5, 0.6) is 0 Å². The molecule has 0 spiro atoms. The molecule has 0 aliphatic carbocycles. The Kier molecular flexibility index (Phi) is 9.58. The van der Waals surface area contributed by atoms with Gasteiger partial charge in [-0.15, -0.1) is 0 Å². The van der Waals surface area contributed by atoms with Crippen molar-refractivity contribution in [3.63, 3.8) is 0 Å². The van der Waals surface area contributed by atoms with Crippen LogP contribution in [0.3, 0.4) is 0 Å². The Hall–Kier alpha value is -2.75. The average Bonchev–Trinajstić information content (AvgIpc) is 2.73. The number of anilines is 1. The van der Waals surface area contributed by atoms with Gasteiger partial charge in [-0.1, -0.05) is 49.9 Å². The summed E-state index contributed by atoms with van der Waals surface area (Å²) in [6, 6.07) is 15.0. The summed E-state index contributed by atoms with van der Waals surface area (Å²) in [6.07, 6.45) is 10.8. The highest BCUT2D eigenvalue weighted by atomic mass is 16.1. The molecule has 0 heterocycles. The number of aliphatic imine (C=N–C) groups is 1. The first kappa shape index (κ1) is 20.6. The van der Waals surface area contributed by atoms with Gasteiger partial charge in [-0.2, -0.15) is 0 Å². The van der Waals surface area contributed by atoms with Gasteiger partial charge in [-0.25, -0.2) is 0 Å². The van der Waals surface area contributed by atoms with Crippen LogP contribution in [0.2, 0.25) is 0 Å². The van der Waals surface area contributed by atoms with Gasteiger partial charge in [0.1, 0.15) is 12.6 Å². The number of benzene rings is 2. The van der Waals surface area contributed by atoms with E-state index in [0.717, 1.165) is 49.8 Å². The molecule has 0 saturated carbocycles. The Labute approximate surface area is 161 Å². The molecule has 4 heteroatoms. The summed E-state index contributed by atoms with van der Waals surface area (Å²) in [5.41, 5.74) is 3.51. The molecule has 0 unspecified atom stereocenters. The molecule has 0 aliphatic heterocycles. The van der Waals surface area contributed by atoms with E-state index < -0.39 is 0 Å². The van der Waals surface area contributed by atoms with Gasteiger partial charge in [-0.3, -0.25) is 14.6 Å². The molecule has 0 aromatic heterocycles. The highest BCUT2D eigenvalue weighted by Gasteiger charge is 1.95. The van der Waals surface area contributed by atoms with Crippen molar-refractivity contribution in [2.45, 2.75) is 38.5 Å². The van der Waals surface area contributed by atoms with Crippen molar-refractivity contribution in [3.8, 4) is 0 Å². The summed E-state index contributed by atoms with van der Waals surface area (Å²) in [5.74, 6) is 0. The third kappa shape index (κ3) is 8.45. The fourth-order valence-corrected chi connectivity index (χ4v) is 2.78. The molecule has 2 aromatic rings. The predicted molar refractivity (Wildman–Crippen MR) is 112 cm³/mol. The van der Waals surface area contributed by atoms with Crippen molar-refractivity contribution in [1.29, 1.82) is 0 Å². The van der Waals surface area contributed by atoms with E-state index in [4.69, 9.17) is 0 Å². The van der Waals surface area contributed by atoms with Crippen LogP contribution in [0, 0.1) is 0 Å². The Morgan fingerprint density at radius 2 is 1.19 bits per heavy atom. The predicted octanol–water partition coefficient (Wildman–Crippen LogP) is 5.18. The normalized spacial score (nSPS) is 10.8. The fourth-order valence-electron chi connectivity index (χ4n) is 2.78. The Morgan fingerprint density at radius 1 is 0.667 bits per heavy atom. The van der Waals surface area contributed by atoms with Crippen LogP contribution in [-0.2, 0) is 0 Å². The summed E-state index contributed by atoms with van der Waals surface area (Å²) in [6.45, 7) is 1.82. The molecule has 0 radical (unpaired) electrons. The third-order valence-electron chi connectivity index (χ3n) is 4.40. The monoisotopic (exact) mass is 364 g/mol. The van der Waals surface area contributed by atoms with Crippen molar-refractivity contribution in [1.82, 2.24) is 0 Å². The summed E-state index contributed by atoms with van der Waals surface area (Å²) < 4.78 is 0. The molecule has 4 nitrogen and oxygen atoms in total. The number of nitrogens with one attached hydrogen (secondary N) is 1. The minimum absolute atomic E-state index is 0.693. The summed E-state index contributed by atoms with van der Waals surface area (Å²) in [5, 5.41) is 3.38. The number of nitrogens with zero attached hydrogens (tertiary/aromatic N) is 1. The van der Waals surface area contributed by atoms with Gasteiger partial charge in [0.2, 0.25) is 0 Å². The number of carbonyl (C=O) groups is 2. The van der Waals surface area contributed by atoms with E-state index in [1.54, 1.807) is 0 Å². The minimum Gasteiger partial charge on any atom is -0.385 e. The van der Waals surface area contributed by atoms with Gasteiger partial charge in [0.15, 0.2) is 0 Å². The zero-order valence-electron chi connectivity index (χ0n) is 15.8. The molecule has 0 bridgehead atoms. The van der Waals surface area contributed by atoms with Gasteiger partial charge in [-0.05, 0) is 42.7 Å². The van der Waals surface area contributed by atoms with Crippen LogP contribution < -0.4 is 5.32 Å². The van der Waals surface area contributed by atoms with Crippen molar-refractivity contribution in [3.05, 3.63) is 65.2 Å². The second-order valence-corrected chi connectivity index (χ2v) is 6.61. The second-order valence-electron chi connectivity index (χ2n) is 6.61. The maximum atomic E-state index is 10.6. The highest BCUT2D eigenvalue weighted by Crippen LogP contribution is 2.10. The summed E-state index contributed by atoms with van der Waals surface area (Å²) in [4.78, 5) is 25.7. The van der Waals surface area contributed by atoms with Crippen LogP contribution in [0.25, 0.3) is 0 Å². The molecule has 0 amide bonds. The standard InChI is InChI=1S/C23H28N2O2/c26-18-21-9-7-20(8-10-21)17-24-15-5-3-1-2-4-6-16-25-23-13-11-22(19-27)12-14-23/h7-14,17-19,25H,1-6,15-16H2. The lowest BCUT2D eigenvalue weighted by Gasteiger charge is -2.06. The molecule has 2 aromatic carbocycles. The van der Waals surface area contributed by atoms with Crippen LogP contribution >= 0.6 is 0 Å². The van der Waals surface area contributed by atoms with E-state index in [1.165, 1.54) is 25.7 Å². The zero-order chi connectivity index (χ0) is 19.2. The van der Waals surface area contributed by atoms with Crippen molar-refractivity contribution < 1.29 is 9.59 Å². The van der Waals surface area contributed by atoms with Crippen LogP contribution in [0.1, 0.15) is 64.8 Å². The first-order valence-electron chi connectivity index (χ1n) is 9.66. The molecule has 2 rings (SSSR count). The molecule has 1 N–H and O–H groups in total. The maximum Gasteiger partial charge on any atom is 0.150 e. The molecule has 0 saturated heterocycles. The molecular formula is C23H28N2O2. The number of aldehydes is 2. The first-order chi connectivity index (χ1) is 13.3. The molecule has 0 aliphatic rings. The van der Waals surface area contributed by atoms with E-state index >= 15 is 0 Å². The number of hydrogen-bond acceptors (Lipinski definition) is 4. The van der Waals surface area contributed by atoms with Gasteiger partial charge in [0.25, 0.3) is 0 Å². The van der Waals surface area contributed by atoms with Crippen LogP contribution in [-0.4, -0.2) is 31.9 Å². The maximum absolute atomic E-state index is 10.6. The number of rotatable bonds is 13. The van der Waals surface area contributed by atoms with E-state index in [1.807, 2.05) is 54.7 Å². The third-order valence-corrected chi connectivity index (χ3v) is 4.40. The quantitative estimate of drug-likeness (QED) is 0.302. The largest absolute Gasteiger partial charge is 0.385 e. The van der Waals surface area contributed by atoms with Gasteiger partial charge < -0.3 is 5.32 Å². The minimum atomic E-state index is 0.693. The molecule has 142 valence electrons. The van der Waals surface area contributed by atoms with Crippen molar-refractivity contribution in [2.75, 3.05) is 18.4 Å². The smallest absolute Gasteiger partial charge is 0.150 e. The van der Waals surface area contributed by atoms with Crippen molar-refractivity contribution in [2.24, 2.45) is 4.99 Å². The highest BCUT2D eigenvalue weighted by molar-refractivity contribution is 5.82. The van der Waals surface area contributed by atoms with Gasteiger partial charge in [0, 0.05) is 36.1 Å². The topological polar surface area (TPSA) is 58.5 Å². The lowest BCUT2D eigenvalue weighted by Crippen LogP contribution is -2.01. The number of carbonyl (C=O) groups excluding carboxylic acids is 2. The molecule has 27 heavy (non-hydrogen) atoms. The lowest BCUT2D eigenvalue weighted by atomic mass is 10.1. The second kappa shape index (κ2) is 12.6. The van der Waals surface area contributed by atoms with Crippen LogP contribution in [0.15, 0.2) is 53.5 Å². The van der Waals surface area contributed by atoms with E-state index in [0.29, 0.717) is 11.1 Å². The van der Waals surface area contributed by atoms with Crippen LogP contribution in [0.4, 0.5) is 5.69 Å². The summed E-state index contributed by atoms with van der Waals surface area (Å²) >= 11 is 0.